The minimum Gasteiger partial charge on any atom is -0.373 e. The van der Waals surface area contributed by atoms with Crippen molar-refractivity contribution in [2.45, 2.75) is 46.3 Å². The zero-order valence-electron chi connectivity index (χ0n) is 8.35. The Morgan fingerprint density at radius 1 is 1.27 bits per heavy atom. The van der Waals surface area contributed by atoms with E-state index in [0.29, 0.717) is 12.5 Å². The van der Waals surface area contributed by atoms with Gasteiger partial charge < -0.3 is 10.5 Å². The van der Waals surface area contributed by atoms with E-state index in [9.17, 15) is 0 Å². The van der Waals surface area contributed by atoms with E-state index in [2.05, 4.69) is 34.6 Å². The van der Waals surface area contributed by atoms with Gasteiger partial charge in [0.1, 0.15) is 0 Å². The van der Waals surface area contributed by atoms with Gasteiger partial charge in [0.05, 0.1) is 11.7 Å². The molecule has 0 aromatic rings. The molecule has 11 heavy (non-hydrogen) atoms. The molecular weight excluding hydrogens is 138 g/mol. The smallest absolute Gasteiger partial charge is 0.0602 e. The van der Waals surface area contributed by atoms with Crippen LogP contribution >= 0.6 is 0 Å². The van der Waals surface area contributed by atoms with Crippen molar-refractivity contribution in [1.82, 2.24) is 0 Å². The molecule has 0 heterocycles. The molecule has 0 aromatic carbocycles. The average molecular weight is 159 g/mol. The molecule has 0 saturated carbocycles. The normalized spacial score (nSPS) is 18.0. The minimum atomic E-state index is -0.0527. The van der Waals surface area contributed by atoms with Gasteiger partial charge in [-0.3, -0.25) is 0 Å². The molecule has 2 nitrogen and oxygen atoms in total. The van der Waals surface area contributed by atoms with E-state index in [1.807, 2.05) is 0 Å². The van der Waals surface area contributed by atoms with Crippen molar-refractivity contribution in [3.8, 4) is 0 Å². The average Bonchev–Trinajstić information content (AvgIpc) is 1.82. The molecule has 2 unspecified atom stereocenters. The standard InChI is InChI=1S/C9H21NO/c1-7(6-10)8(2)11-9(3,4)5/h7-8H,6,10H2,1-5H3. The van der Waals surface area contributed by atoms with Gasteiger partial charge in [-0.25, -0.2) is 0 Å². The number of rotatable bonds is 3. The van der Waals surface area contributed by atoms with E-state index >= 15 is 0 Å². The van der Waals surface area contributed by atoms with E-state index in [1.165, 1.54) is 0 Å². The van der Waals surface area contributed by atoms with Gasteiger partial charge >= 0.3 is 0 Å². The van der Waals surface area contributed by atoms with Crippen LogP contribution in [-0.4, -0.2) is 18.2 Å². The van der Waals surface area contributed by atoms with Crippen LogP contribution in [0.5, 0.6) is 0 Å². The van der Waals surface area contributed by atoms with Crippen LogP contribution in [0.3, 0.4) is 0 Å². The third-order valence-corrected chi connectivity index (χ3v) is 1.71. The molecular formula is C9H21NO. The summed E-state index contributed by atoms with van der Waals surface area (Å²) >= 11 is 0. The second kappa shape index (κ2) is 4.07. The Morgan fingerprint density at radius 3 is 2.00 bits per heavy atom. The third-order valence-electron chi connectivity index (χ3n) is 1.71. The Bertz CT molecular complexity index is 107. The Morgan fingerprint density at radius 2 is 1.73 bits per heavy atom. The van der Waals surface area contributed by atoms with Gasteiger partial charge in [0.15, 0.2) is 0 Å². The van der Waals surface area contributed by atoms with Crippen LogP contribution < -0.4 is 5.73 Å². The van der Waals surface area contributed by atoms with Crippen LogP contribution in [0.4, 0.5) is 0 Å². The van der Waals surface area contributed by atoms with E-state index in [4.69, 9.17) is 10.5 Å². The molecule has 0 radical (unpaired) electrons. The lowest BCUT2D eigenvalue weighted by molar-refractivity contribution is -0.0712. The van der Waals surface area contributed by atoms with Crippen LogP contribution in [0.25, 0.3) is 0 Å². The first-order chi connectivity index (χ1) is 4.87. The summed E-state index contributed by atoms with van der Waals surface area (Å²) in [5, 5.41) is 0. The Labute approximate surface area is 70.1 Å². The number of hydrogen-bond donors (Lipinski definition) is 1. The van der Waals surface area contributed by atoms with Crippen molar-refractivity contribution in [2.75, 3.05) is 6.54 Å². The fraction of sp³-hybridized carbons (Fsp3) is 1.00. The Hall–Kier alpha value is -0.0800. The van der Waals surface area contributed by atoms with E-state index in [1.54, 1.807) is 0 Å². The summed E-state index contributed by atoms with van der Waals surface area (Å²) in [4.78, 5) is 0. The molecule has 0 saturated heterocycles. The van der Waals surface area contributed by atoms with Crippen molar-refractivity contribution in [2.24, 2.45) is 11.7 Å². The summed E-state index contributed by atoms with van der Waals surface area (Å²) in [7, 11) is 0. The zero-order chi connectivity index (χ0) is 9.07. The SMILES string of the molecule is CC(CN)C(C)OC(C)(C)C. The maximum atomic E-state index is 5.71. The van der Waals surface area contributed by atoms with E-state index in [0.717, 1.165) is 0 Å². The monoisotopic (exact) mass is 159 g/mol. The lowest BCUT2D eigenvalue weighted by atomic mass is 10.1. The number of hydrogen-bond acceptors (Lipinski definition) is 2. The molecule has 2 heteroatoms. The Kier molecular flexibility index (Phi) is 4.04. The van der Waals surface area contributed by atoms with E-state index < -0.39 is 0 Å². The lowest BCUT2D eigenvalue weighted by Gasteiger charge is -2.28. The molecule has 0 aromatic heterocycles. The second-order valence-electron chi connectivity index (χ2n) is 4.15. The first kappa shape index (κ1) is 10.9. The molecule has 0 bridgehead atoms. The van der Waals surface area contributed by atoms with Crippen LogP contribution in [0, 0.1) is 5.92 Å². The van der Waals surface area contributed by atoms with Gasteiger partial charge in [-0.05, 0) is 40.2 Å². The van der Waals surface area contributed by atoms with Gasteiger partial charge in [-0.2, -0.15) is 0 Å². The molecule has 0 aliphatic heterocycles. The highest BCUT2D eigenvalue weighted by Crippen LogP contribution is 2.15. The first-order valence-electron chi connectivity index (χ1n) is 4.24. The third kappa shape index (κ3) is 5.22. The quantitative estimate of drug-likeness (QED) is 0.681. The van der Waals surface area contributed by atoms with Crippen molar-refractivity contribution >= 4 is 0 Å². The predicted molar refractivity (Wildman–Crippen MR) is 48.5 cm³/mol. The fourth-order valence-corrected chi connectivity index (χ4v) is 0.865. The molecule has 0 aliphatic carbocycles. The summed E-state index contributed by atoms with van der Waals surface area (Å²) in [5.74, 6) is 0.439. The minimum absolute atomic E-state index is 0.0527. The second-order valence-corrected chi connectivity index (χ2v) is 4.15. The fourth-order valence-electron chi connectivity index (χ4n) is 0.865. The molecule has 0 rings (SSSR count). The largest absolute Gasteiger partial charge is 0.373 e. The zero-order valence-corrected chi connectivity index (χ0v) is 8.35. The van der Waals surface area contributed by atoms with Crippen molar-refractivity contribution in [1.29, 1.82) is 0 Å². The predicted octanol–water partition coefficient (Wildman–Crippen LogP) is 1.78. The molecule has 68 valence electrons. The van der Waals surface area contributed by atoms with Gasteiger partial charge in [0, 0.05) is 0 Å². The summed E-state index contributed by atoms with van der Waals surface area (Å²) < 4.78 is 5.71. The van der Waals surface area contributed by atoms with Gasteiger partial charge in [-0.1, -0.05) is 6.92 Å². The number of ether oxygens (including phenoxy) is 1. The summed E-state index contributed by atoms with van der Waals surface area (Å²) in [5.41, 5.74) is 5.46. The molecule has 0 aliphatic rings. The maximum absolute atomic E-state index is 5.71. The maximum Gasteiger partial charge on any atom is 0.0602 e. The lowest BCUT2D eigenvalue weighted by Crippen LogP contribution is -2.32. The van der Waals surface area contributed by atoms with Crippen LogP contribution in [0.2, 0.25) is 0 Å². The van der Waals surface area contributed by atoms with Crippen LogP contribution in [0.1, 0.15) is 34.6 Å². The van der Waals surface area contributed by atoms with Crippen LogP contribution in [0.15, 0.2) is 0 Å². The summed E-state index contributed by atoms with van der Waals surface area (Å²) in [6.45, 7) is 11.1. The van der Waals surface area contributed by atoms with E-state index in [-0.39, 0.29) is 11.7 Å². The number of nitrogens with two attached hydrogens (primary N) is 1. The molecule has 2 N–H and O–H groups in total. The van der Waals surface area contributed by atoms with Crippen molar-refractivity contribution in [3.05, 3.63) is 0 Å². The summed E-state index contributed by atoms with van der Waals surface area (Å²) in [6, 6.07) is 0. The van der Waals surface area contributed by atoms with Crippen LogP contribution in [-0.2, 0) is 4.74 Å². The molecule has 2 atom stereocenters. The first-order valence-corrected chi connectivity index (χ1v) is 4.24. The van der Waals surface area contributed by atoms with Gasteiger partial charge in [0.25, 0.3) is 0 Å². The van der Waals surface area contributed by atoms with Crippen molar-refractivity contribution in [3.63, 3.8) is 0 Å². The highest BCUT2D eigenvalue weighted by Gasteiger charge is 2.18. The van der Waals surface area contributed by atoms with Crippen molar-refractivity contribution < 1.29 is 4.74 Å². The van der Waals surface area contributed by atoms with Gasteiger partial charge in [-0.15, -0.1) is 0 Å². The summed E-state index contributed by atoms with van der Waals surface area (Å²) in [6.07, 6.45) is 0.250. The molecule has 0 fully saturated rings. The highest BCUT2D eigenvalue weighted by atomic mass is 16.5. The molecule has 0 spiro atoms. The van der Waals surface area contributed by atoms with Gasteiger partial charge in [0.2, 0.25) is 0 Å². The Balaban J connectivity index is 3.77. The topological polar surface area (TPSA) is 35.2 Å². The highest BCUT2D eigenvalue weighted by molar-refractivity contribution is 4.67. The molecule has 0 amide bonds.